The lowest BCUT2D eigenvalue weighted by Gasteiger charge is -2.29. The second kappa shape index (κ2) is 8.86. The van der Waals surface area contributed by atoms with Crippen LogP contribution in [0.1, 0.15) is 52.7 Å². The summed E-state index contributed by atoms with van der Waals surface area (Å²) < 4.78 is 5.22. The van der Waals surface area contributed by atoms with Gasteiger partial charge in [-0.25, -0.2) is 4.79 Å². The van der Waals surface area contributed by atoms with E-state index in [1.165, 1.54) is 0 Å². The molecular weight excluding hydrogens is 390 g/mol. The molecule has 1 amide bonds. The van der Waals surface area contributed by atoms with Crippen molar-refractivity contribution in [3.05, 3.63) is 70.9 Å². The van der Waals surface area contributed by atoms with Crippen LogP contribution in [0, 0.1) is 0 Å². The lowest BCUT2D eigenvalue weighted by molar-refractivity contribution is 0.0378. The minimum atomic E-state index is -0.373. The van der Waals surface area contributed by atoms with Gasteiger partial charge in [-0.1, -0.05) is 25.1 Å². The number of rotatable bonds is 5. The molecule has 1 aliphatic rings. The van der Waals surface area contributed by atoms with Crippen molar-refractivity contribution in [2.75, 3.05) is 18.4 Å². The Hall–Kier alpha value is -3.25. The van der Waals surface area contributed by atoms with Gasteiger partial charge >= 0.3 is 5.97 Å². The summed E-state index contributed by atoms with van der Waals surface area (Å²) in [5.41, 5.74) is 4.60. The van der Waals surface area contributed by atoms with Crippen molar-refractivity contribution in [1.82, 2.24) is 9.88 Å². The third kappa shape index (κ3) is 4.44. The van der Waals surface area contributed by atoms with Crippen LogP contribution in [-0.4, -0.2) is 41.0 Å². The first-order chi connectivity index (χ1) is 15.0. The van der Waals surface area contributed by atoms with Crippen molar-refractivity contribution in [1.29, 1.82) is 0 Å². The number of aromatic nitrogens is 1. The van der Waals surface area contributed by atoms with E-state index in [-0.39, 0.29) is 18.0 Å². The molecule has 0 spiro atoms. The fraction of sp³-hybridized carbons (Fsp3) is 0.320. The van der Waals surface area contributed by atoms with Gasteiger partial charge in [0.2, 0.25) is 0 Å². The maximum Gasteiger partial charge on any atom is 0.338 e. The lowest BCUT2D eigenvalue weighted by atomic mass is 9.95. The maximum absolute atomic E-state index is 13.4. The summed E-state index contributed by atoms with van der Waals surface area (Å²) in [6.07, 6.45) is 0.654. The van der Waals surface area contributed by atoms with Crippen molar-refractivity contribution < 1.29 is 14.3 Å². The molecule has 31 heavy (non-hydrogen) atoms. The molecule has 3 aromatic rings. The lowest BCUT2D eigenvalue weighted by Crippen LogP contribution is -2.33. The molecule has 0 aliphatic carbocycles. The molecule has 0 atom stereocenters. The second-order valence-corrected chi connectivity index (χ2v) is 8.03. The molecule has 0 saturated heterocycles. The van der Waals surface area contributed by atoms with E-state index in [0.29, 0.717) is 23.4 Å². The Kier molecular flexibility index (Phi) is 6.00. The highest BCUT2D eigenvalue weighted by Crippen LogP contribution is 2.29. The fourth-order valence-electron chi connectivity index (χ4n) is 3.94. The molecule has 1 aromatic heterocycles. The van der Waals surface area contributed by atoms with Crippen LogP contribution in [-0.2, 0) is 17.7 Å². The number of carbonyl (C=O) groups is 2. The Bertz CT molecular complexity index is 1120. The average molecular weight is 418 g/mol. The highest BCUT2D eigenvalue weighted by molar-refractivity contribution is 6.13. The monoisotopic (exact) mass is 417 g/mol. The number of anilines is 1. The Morgan fingerprint density at radius 1 is 1.13 bits per heavy atom. The van der Waals surface area contributed by atoms with Gasteiger partial charge in [0.25, 0.3) is 5.91 Å². The zero-order valence-corrected chi connectivity index (χ0v) is 18.1. The van der Waals surface area contributed by atoms with E-state index in [0.717, 1.165) is 41.7 Å². The molecule has 0 radical (unpaired) electrons. The highest BCUT2D eigenvalue weighted by atomic mass is 16.5. The van der Waals surface area contributed by atoms with E-state index in [1.54, 1.807) is 24.3 Å². The normalized spacial score (nSPS) is 13.8. The predicted octanol–water partition coefficient (Wildman–Crippen LogP) is 4.43. The molecule has 6 nitrogen and oxygen atoms in total. The van der Waals surface area contributed by atoms with Crippen molar-refractivity contribution in [3.8, 4) is 0 Å². The van der Waals surface area contributed by atoms with Gasteiger partial charge in [0.15, 0.2) is 0 Å². The largest absolute Gasteiger partial charge is 0.459 e. The molecule has 6 heteroatoms. The van der Waals surface area contributed by atoms with Gasteiger partial charge in [-0.2, -0.15) is 0 Å². The van der Waals surface area contributed by atoms with Gasteiger partial charge in [-0.05, 0) is 50.7 Å². The van der Waals surface area contributed by atoms with Crippen LogP contribution in [0.15, 0.2) is 48.5 Å². The van der Waals surface area contributed by atoms with Crippen molar-refractivity contribution in [3.63, 3.8) is 0 Å². The van der Waals surface area contributed by atoms with E-state index >= 15 is 0 Å². The first-order valence-electron chi connectivity index (χ1n) is 10.7. The SMILES string of the molecule is CCN1CCc2nc3ccccc3c(C(=O)Nc3ccc(C(=O)OC(C)C)cc3)c2C1. The molecule has 1 N–H and O–H groups in total. The zero-order valence-electron chi connectivity index (χ0n) is 18.1. The molecule has 2 heterocycles. The van der Waals surface area contributed by atoms with E-state index in [9.17, 15) is 9.59 Å². The number of fused-ring (bicyclic) bond motifs is 2. The minimum Gasteiger partial charge on any atom is -0.459 e. The van der Waals surface area contributed by atoms with Crippen LogP contribution >= 0.6 is 0 Å². The van der Waals surface area contributed by atoms with Crippen molar-refractivity contribution in [2.24, 2.45) is 0 Å². The van der Waals surface area contributed by atoms with Crippen molar-refractivity contribution in [2.45, 2.75) is 39.8 Å². The van der Waals surface area contributed by atoms with Gasteiger partial charge < -0.3 is 10.1 Å². The highest BCUT2D eigenvalue weighted by Gasteiger charge is 2.25. The third-order valence-electron chi connectivity index (χ3n) is 5.52. The topological polar surface area (TPSA) is 71.5 Å². The molecule has 0 fully saturated rings. The summed E-state index contributed by atoms with van der Waals surface area (Å²) in [5.74, 6) is -0.535. The number of hydrogen-bond donors (Lipinski definition) is 1. The van der Waals surface area contributed by atoms with E-state index in [1.807, 2.05) is 38.1 Å². The summed E-state index contributed by atoms with van der Waals surface area (Å²) >= 11 is 0. The Morgan fingerprint density at radius 3 is 2.58 bits per heavy atom. The van der Waals surface area contributed by atoms with Crippen LogP contribution < -0.4 is 5.32 Å². The number of nitrogens with one attached hydrogen (secondary N) is 1. The molecule has 2 aromatic carbocycles. The number of nitrogens with zero attached hydrogens (tertiary/aromatic N) is 2. The minimum absolute atomic E-state index is 0.162. The molecule has 160 valence electrons. The molecule has 0 bridgehead atoms. The first-order valence-corrected chi connectivity index (χ1v) is 10.7. The van der Waals surface area contributed by atoms with E-state index < -0.39 is 0 Å². The summed E-state index contributed by atoms with van der Waals surface area (Å²) in [6.45, 7) is 8.35. The third-order valence-corrected chi connectivity index (χ3v) is 5.52. The summed E-state index contributed by atoms with van der Waals surface area (Å²) in [5, 5.41) is 3.86. The van der Waals surface area contributed by atoms with Crippen LogP contribution in [0.3, 0.4) is 0 Å². The maximum atomic E-state index is 13.4. The van der Waals surface area contributed by atoms with E-state index in [2.05, 4.69) is 17.1 Å². The van der Waals surface area contributed by atoms with Crippen LogP contribution in [0.25, 0.3) is 10.9 Å². The number of amides is 1. The van der Waals surface area contributed by atoms with Crippen LogP contribution in [0.2, 0.25) is 0 Å². The first kappa shape index (κ1) is 21.0. The smallest absolute Gasteiger partial charge is 0.338 e. The molecule has 0 saturated carbocycles. The number of likely N-dealkylation sites (N-methyl/N-ethyl adjacent to an activating group) is 1. The molecule has 4 rings (SSSR count). The number of para-hydroxylation sites is 1. The number of carbonyl (C=O) groups excluding carboxylic acids is 2. The fourth-order valence-corrected chi connectivity index (χ4v) is 3.94. The molecule has 1 aliphatic heterocycles. The van der Waals surface area contributed by atoms with Gasteiger partial charge in [0.05, 0.1) is 22.7 Å². The Labute approximate surface area is 182 Å². The molecule has 0 unspecified atom stereocenters. The summed E-state index contributed by atoms with van der Waals surface area (Å²) in [4.78, 5) is 32.6. The number of benzene rings is 2. The number of hydrogen-bond acceptors (Lipinski definition) is 5. The van der Waals surface area contributed by atoms with Gasteiger partial charge in [0.1, 0.15) is 0 Å². The number of esters is 1. The quantitative estimate of drug-likeness (QED) is 0.622. The van der Waals surface area contributed by atoms with Crippen LogP contribution in [0.5, 0.6) is 0 Å². The number of ether oxygens (including phenoxy) is 1. The zero-order chi connectivity index (χ0) is 22.0. The van der Waals surface area contributed by atoms with Gasteiger partial charge in [-0.15, -0.1) is 0 Å². The molecular formula is C25H27N3O3. The predicted molar refractivity (Wildman–Crippen MR) is 121 cm³/mol. The van der Waals surface area contributed by atoms with Gasteiger partial charge in [-0.3, -0.25) is 14.7 Å². The Morgan fingerprint density at radius 2 is 1.87 bits per heavy atom. The standard InChI is InChI=1S/C25H27N3O3/c1-4-28-14-13-22-20(15-28)23(19-7-5-6-8-21(19)27-22)24(29)26-18-11-9-17(10-12-18)25(30)31-16(2)3/h5-12,16H,4,13-15H2,1-3H3,(H,26,29). The summed E-state index contributed by atoms with van der Waals surface area (Å²) in [7, 11) is 0. The van der Waals surface area contributed by atoms with Crippen molar-refractivity contribution >= 4 is 28.5 Å². The Balaban J connectivity index is 1.65. The number of pyridine rings is 1. The van der Waals surface area contributed by atoms with Gasteiger partial charge in [0, 0.05) is 41.8 Å². The van der Waals surface area contributed by atoms with Crippen LogP contribution in [0.4, 0.5) is 5.69 Å². The second-order valence-electron chi connectivity index (χ2n) is 8.03. The summed E-state index contributed by atoms with van der Waals surface area (Å²) in [6, 6.07) is 14.6. The average Bonchev–Trinajstić information content (AvgIpc) is 2.77. The van der Waals surface area contributed by atoms with E-state index in [4.69, 9.17) is 9.72 Å².